The molecule has 4 nitrogen and oxygen atoms in total. The molecule has 36 heavy (non-hydrogen) atoms. The molecule has 0 atom stereocenters. The van der Waals surface area contributed by atoms with E-state index in [1.54, 1.807) is 36.4 Å². The fraction of sp³-hybridized carbons (Fsp3) is 0. The Morgan fingerprint density at radius 1 is 0.444 bits per heavy atom. The van der Waals surface area contributed by atoms with E-state index in [2.05, 4.69) is 23.7 Å². The lowest BCUT2D eigenvalue weighted by Gasteiger charge is -2.10. The summed E-state index contributed by atoms with van der Waals surface area (Å²) >= 11 is 0. The minimum atomic E-state index is -1.03. The van der Waals surface area contributed by atoms with E-state index in [0.717, 1.165) is 32.7 Å². The lowest BCUT2D eigenvalue weighted by molar-refractivity contribution is 0.0685. The molecule has 0 aliphatic carbocycles. The fourth-order valence-electron chi connectivity index (χ4n) is 4.21. The normalized spacial score (nSPS) is 10.2. The number of aromatic carboxylic acids is 2. The quantitative estimate of drug-likeness (QED) is 0.240. The van der Waals surface area contributed by atoms with Crippen LogP contribution in [0.5, 0.6) is 0 Å². The molecule has 2 N–H and O–H groups in total. The number of carboxylic acid groups (broad SMARTS) is 2. The van der Waals surface area contributed by atoms with E-state index in [-0.39, 0.29) is 11.1 Å². The zero-order valence-corrected chi connectivity index (χ0v) is 18.9. The summed E-state index contributed by atoms with van der Waals surface area (Å²) in [7, 11) is 0. The number of hydrogen-bond donors (Lipinski definition) is 2. The zero-order valence-electron chi connectivity index (χ0n) is 18.9. The zero-order chi connectivity index (χ0) is 25.1. The number of benzene rings is 5. The highest BCUT2D eigenvalue weighted by Crippen LogP contribution is 2.32. The van der Waals surface area contributed by atoms with Gasteiger partial charge in [-0.15, -0.1) is 0 Å². The van der Waals surface area contributed by atoms with Gasteiger partial charge in [-0.3, -0.25) is 0 Å². The summed E-state index contributed by atoms with van der Waals surface area (Å²) < 4.78 is 0. The Hall–Kier alpha value is -5.32. The Morgan fingerprint density at radius 3 is 1.08 bits per heavy atom. The summed E-state index contributed by atoms with van der Waals surface area (Å²) in [6.07, 6.45) is 0. The molecular weight excluding hydrogens is 448 g/mol. The molecule has 0 radical (unpaired) electrons. The van der Waals surface area contributed by atoms with E-state index < -0.39 is 11.9 Å². The van der Waals surface area contributed by atoms with Crippen LogP contribution in [0.15, 0.2) is 97.1 Å². The Morgan fingerprint density at radius 2 is 0.750 bits per heavy atom. The van der Waals surface area contributed by atoms with Gasteiger partial charge in [-0.05, 0) is 45.8 Å². The highest BCUT2D eigenvalue weighted by Gasteiger charge is 2.13. The van der Waals surface area contributed by atoms with Gasteiger partial charge in [-0.25, -0.2) is 9.59 Å². The lowest BCUT2D eigenvalue weighted by atomic mass is 9.91. The van der Waals surface area contributed by atoms with Crippen molar-refractivity contribution >= 4 is 33.5 Å². The molecule has 5 aromatic rings. The van der Waals surface area contributed by atoms with Crippen molar-refractivity contribution < 1.29 is 19.8 Å². The van der Waals surface area contributed by atoms with E-state index in [9.17, 15) is 19.8 Å². The third kappa shape index (κ3) is 4.16. The smallest absolute Gasteiger partial charge is 0.336 e. The van der Waals surface area contributed by atoms with Crippen LogP contribution in [0.3, 0.4) is 0 Å². The molecular formula is C32H18O4. The number of hydrogen-bond acceptors (Lipinski definition) is 2. The molecule has 0 aliphatic rings. The van der Waals surface area contributed by atoms with E-state index in [0.29, 0.717) is 11.1 Å². The van der Waals surface area contributed by atoms with Gasteiger partial charge in [0, 0.05) is 22.3 Å². The number of carboxylic acids is 2. The number of rotatable bonds is 2. The molecule has 0 fully saturated rings. The molecule has 0 amide bonds. The van der Waals surface area contributed by atoms with E-state index >= 15 is 0 Å². The predicted molar refractivity (Wildman–Crippen MR) is 140 cm³/mol. The van der Waals surface area contributed by atoms with Gasteiger partial charge in [0.25, 0.3) is 0 Å². The fourth-order valence-corrected chi connectivity index (χ4v) is 4.21. The van der Waals surface area contributed by atoms with Gasteiger partial charge in [0.1, 0.15) is 0 Å². The first kappa shape index (κ1) is 22.5. The summed E-state index contributed by atoms with van der Waals surface area (Å²) in [6.45, 7) is 0. The molecule has 4 heteroatoms. The molecule has 0 saturated heterocycles. The minimum absolute atomic E-state index is 0.151. The lowest BCUT2D eigenvalue weighted by Crippen LogP contribution is -1.99. The van der Waals surface area contributed by atoms with Gasteiger partial charge in [0.15, 0.2) is 0 Å². The van der Waals surface area contributed by atoms with Crippen LogP contribution in [-0.2, 0) is 0 Å². The van der Waals surface area contributed by atoms with Gasteiger partial charge in [0.2, 0.25) is 0 Å². The van der Waals surface area contributed by atoms with E-state index in [4.69, 9.17) is 0 Å². The largest absolute Gasteiger partial charge is 0.478 e. The summed E-state index contributed by atoms with van der Waals surface area (Å²) in [5.41, 5.74) is 2.73. The number of carbonyl (C=O) groups is 2. The van der Waals surface area contributed by atoms with Gasteiger partial charge < -0.3 is 10.2 Å². The van der Waals surface area contributed by atoms with Crippen LogP contribution in [-0.4, -0.2) is 22.2 Å². The van der Waals surface area contributed by atoms with E-state index in [1.807, 2.05) is 48.5 Å². The first-order valence-electron chi connectivity index (χ1n) is 11.2. The molecule has 0 aromatic heterocycles. The first-order valence-corrected chi connectivity index (χ1v) is 11.2. The topological polar surface area (TPSA) is 74.6 Å². The Balaban J connectivity index is 1.78. The third-order valence-electron chi connectivity index (χ3n) is 5.89. The molecule has 0 saturated carbocycles. The molecule has 0 unspecified atom stereocenters. The van der Waals surface area contributed by atoms with Crippen molar-refractivity contribution in [3.8, 4) is 23.7 Å². The maximum Gasteiger partial charge on any atom is 0.336 e. The van der Waals surface area contributed by atoms with Gasteiger partial charge in [-0.1, -0.05) is 96.5 Å². The molecule has 0 bridgehead atoms. The molecule has 0 aliphatic heterocycles. The van der Waals surface area contributed by atoms with Crippen molar-refractivity contribution in [2.75, 3.05) is 0 Å². The van der Waals surface area contributed by atoms with Crippen LogP contribution < -0.4 is 0 Å². The average molecular weight is 466 g/mol. The van der Waals surface area contributed by atoms with Crippen LogP contribution in [0.2, 0.25) is 0 Å². The summed E-state index contributed by atoms with van der Waals surface area (Å²) in [5.74, 6) is 10.5. The summed E-state index contributed by atoms with van der Waals surface area (Å²) in [4.78, 5) is 23.3. The Bertz CT molecular complexity index is 1620. The standard InChI is InChI=1S/C32H18O4/c33-31(34)23-11-3-1-9-21(23)17-19-29-25-13-5-7-15-27(25)30(28-16-8-6-14-26(28)29)20-18-22-10-2-4-12-24(22)32(35)36/h1-16H,(H,33,34)(H,35,36). The van der Waals surface area contributed by atoms with Gasteiger partial charge in [0.05, 0.1) is 11.1 Å². The maximum atomic E-state index is 11.6. The second kappa shape index (κ2) is 9.50. The Kier molecular flexibility index (Phi) is 5.93. The second-order valence-electron chi connectivity index (χ2n) is 8.04. The second-order valence-corrected chi connectivity index (χ2v) is 8.04. The Labute approximate surface area is 207 Å². The summed E-state index contributed by atoms with van der Waals surface area (Å²) in [6, 6.07) is 28.9. The number of fused-ring (bicyclic) bond motifs is 2. The highest BCUT2D eigenvalue weighted by atomic mass is 16.4. The van der Waals surface area contributed by atoms with Crippen molar-refractivity contribution in [1.82, 2.24) is 0 Å². The van der Waals surface area contributed by atoms with Crippen molar-refractivity contribution in [2.45, 2.75) is 0 Å². The minimum Gasteiger partial charge on any atom is -0.478 e. The third-order valence-corrected chi connectivity index (χ3v) is 5.89. The average Bonchev–Trinajstić information content (AvgIpc) is 2.90. The van der Waals surface area contributed by atoms with Crippen molar-refractivity contribution in [3.63, 3.8) is 0 Å². The highest BCUT2D eigenvalue weighted by molar-refractivity contribution is 6.10. The first-order chi connectivity index (χ1) is 17.5. The van der Waals surface area contributed by atoms with Crippen molar-refractivity contribution in [3.05, 3.63) is 130 Å². The van der Waals surface area contributed by atoms with Crippen LogP contribution >= 0.6 is 0 Å². The molecule has 170 valence electrons. The van der Waals surface area contributed by atoms with Gasteiger partial charge >= 0.3 is 11.9 Å². The van der Waals surface area contributed by atoms with Crippen LogP contribution in [0.25, 0.3) is 21.5 Å². The van der Waals surface area contributed by atoms with Crippen LogP contribution in [0, 0.1) is 23.7 Å². The van der Waals surface area contributed by atoms with Crippen molar-refractivity contribution in [1.29, 1.82) is 0 Å². The van der Waals surface area contributed by atoms with Gasteiger partial charge in [-0.2, -0.15) is 0 Å². The van der Waals surface area contributed by atoms with E-state index in [1.165, 1.54) is 12.1 Å². The molecule has 0 spiro atoms. The predicted octanol–water partition coefficient (Wildman–Crippen LogP) is 6.19. The monoisotopic (exact) mass is 466 g/mol. The van der Waals surface area contributed by atoms with Crippen LogP contribution in [0.4, 0.5) is 0 Å². The maximum absolute atomic E-state index is 11.6. The van der Waals surface area contributed by atoms with Crippen LogP contribution in [0.1, 0.15) is 43.0 Å². The molecule has 5 aromatic carbocycles. The SMILES string of the molecule is O=C(O)c1ccccc1C#Cc1c2ccccc2c(C#Cc2ccccc2C(=O)O)c2ccccc12. The summed E-state index contributed by atoms with van der Waals surface area (Å²) in [5, 5.41) is 22.6. The molecule has 5 rings (SSSR count). The van der Waals surface area contributed by atoms with Crippen molar-refractivity contribution in [2.24, 2.45) is 0 Å². The molecule has 0 heterocycles.